The molecule has 3 unspecified atom stereocenters. The summed E-state index contributed by atoms with van der Waals surface area (Å²) < 4.78 is 0. The molecule has 1 aromatic heterocycles. The second-order valence-electron chi connectivity index (χ2n) is 5.96. The van der Waals surface area contributed by atoms with Crippen molar-refractivity contribution in [1.82, 2.24) is 4.98 Å². The summed E-state index contributed by atoms with van der Waals surface area (Å²) in [4.78, 5) is 15.1. The van der Waals surface area contributed by atoms with Crippen LogP contribution in [0.25, 0.3) is 0 Å². The van der Waals surface area contributed by atoms with Gasteiger partial charge in [-0.05, 0) is 44.1 Å². The summed E-state index contributed by atoms with van der Waals surface area (Å²) in [6.45, 7) is 7.23. The van der Waals surface area contributed by atoms with Crippen molar-refractivity contribution in [2.45, 2.75) is 46.1 Å². The normalized spacial score (nSPS) is 25.4. The Morgan fingerprint density at radius 3 is 2.71 bits per heavy atom. The predicted molar refractivity (Wildman–Crippen MR) is 84.6 cm³/mol. The molecule has 1 aliphatic rings. The van der Waals surface area contributed by atoms with Crippen molar-refractivity contribution in [2.24, 2.45) is 11.8 Å². The van der Waals surface area contributed by atoms with E-state index in [1.54, 1.807) is 6.07 Å². The van der Waals surface area contributed by atoms with Crippen LogP contribution >= 0.6 is 0 Å². The van der Waals surface area contributed by atoms with E-state index in [0.29, 0.717) is 17.6 Å². The van der Waals surface area contributed by atoms with Gasteiger partial charge >= 0.3 is 5.69 Å². The smallest absolute Gasteiger partial charge is 0.311 e. The van der Waals surface area contributed by atoms with E-state index in [1.807, 2.05) is 6.92 Å². The first-order valence-corrected chi connectivity index (χ1v) is 7.67. The van der Waals surface area contributed by atoms with Crippen LogP contribution in [0.4, 0.5) is 17.3 Å². The minimum Gasteiger partial charge on any atom is -0.370 e. The molecule has 1 fully saturated rings. The molecule has 1 heterocycles. The second-order valence-corrected chi connectivity index (χ2v) is 5.96. The maximum atomic E-state index is 11.2. The lowest BCUT2D eigenvalue weighted by Crippen LogP contribution is -2.31. The number of nitro groups is 1. The molecule has 0 radical (unpaired) electrons. The lowest BCUT2D eigenvalue weighted by molar-refractivity contribution is -0.384. The van der Waals surface area contributed by atoms with Gasteiger partial charge in [0.25, 0.3) is 0 Å². The monoisotopic (exact) mass is 292 g/mol. The van der Waals surface area contributed by atoms with Gasteiger partial charge in [0.1, 0.15) is 5.82 Å². The zero-order chi connectivity index (χ0) is 15.4. The quantitative estimate of drug-likeness (QED) is 0.639. The highest BCUT2D eigenvalue weighted by Gasteiger charge is 2.26. The molecular weight excluding hydrogens is 268 g/mol. The Kier molecular flexibility index (Phi) is 4.98. The van der Waals surface area contributed by atoms with Gasteiger partial charge in [0, 0.05) is 18.7 Å². The second kappa shape index (κ2) is 6.74. The molecule has 1 aromatic rings. The topological polar surface area (TPSA) is 80.1 Å². The first-order valence-electron chi connectivity index (χ1n) is 7.67. The summed E-state index contributed by atoms with van der Waals surface area (Å²) in [5, 5.41) is 17.5. The minimum atomic E-state index is -0.375. The molecule has 0 aliphatic heterocycles. The highest BCUT2D eigenvalue weighted by molar-refractivity contribution is 5.60. The summed E-state index contributed by atoms with van der Waals surface area (Å²) in [5.74, 6) is 2.40. The molecule has 6 nitrogen and oxygen atoms in total. The van der Waals surface area contributed by atoms with Crippen molar-refractivity contribution >= 4 is 17.3 Å². The maximum Gasteiger partial charge on any atom is 0.311 e. The molecule has 1 aliphatic carbocycles. The number of aromatic nitrogens is 1. The van der Waals surface area contributed by atoms with E-state index in [-0.39, 0.29) is 16.7 Å². The summed E-state index contributed by atoms with van der Waals surface area (Å²) >= 11 is 0. The predicted octanol–water partition coefficient (Wildman–Crippen LogP) is 3.66. The highest BCUT2D eigenvalue weighted by atomic mass is 16.6. The van der Waals surface area contributed by atoms with Gasteiger partial charge in [-0.2, -0.15) is 0 Å². The molecule has 21 heavy (non-hydrogen) atoms. The first-order chi connectivity index (χ1) is 10.0. The van der Waals surface area contributed by atoms with Gasteiger partial charge in [-0.15, -0.1) is 0 Å². The van der Waals surface area contributed by atoms with E-state index in [0.717, 1.165) is 31.7 Å². The standard InChI is InChI=1S/C15H24N4O2/c1-4-16-14-8-7-13(19(20)21)15(18-14)17-12-6-5-10(2)11(3)9-12/h7-8,10-12H,4-6,9H2,1-3H3,(H2,16,17,18). The Hall–Kier alpha value is -1.85. The zero-order valence-corrected chi connectivity index (χ0v) is 12.9. The average molecular weight is 292 g/mol. The van der Waals surface area contributed by atoms with E-state index in [4.69, 9.17) is 0 Å². The lowest BCUT2D eigenvalue weighted by atomic mass is 9.79. The Labute approximate surface area is 125 Å². The number of pyridine rings is 1. The van der Waals surface area contributed by atoms with Crippen LogP contribution in [-0.4, -0.2) is 22.5 Å². The number of hydrogen-bond acceptors (Lipinski definition) is 5. The van der Waals surface area contributed by atoms with Crippen LogP contribution in [0.5, 0.6) is 0 Å². The van der Waals surface area contributed by atoms with Crippen molar-refractivity contribution in [3.05, 3.63) is 22.2 Å². The van der Waals surface area contributed by atoms with Gasteiger partial charge in [0.15, 0.2) is 0 Å². The fourth-order valence-corrected chi connectivity index (χ4v) is 2.86. The third-order valence-electron chi connectivity index (χ3n) is 4.37. The fourth-order valence-electron chi connectivity index (χ4n) is 2.86. The Balaban J connectivity index is 2.16. The molecule has 3 atom stereocenters. The molecule has 0 aromatic carbocycles. The Morgan fingerprint density at radius 1 is 1.33 bits per heavy atom. The number of rotatable bonds is 5. The minimum absolute atomic E-state index is 0.0444. The number of anilines is 2. The molecule has 0 spiro atoms. The van der Waals surface area contributed by atoms with Crippen LogP contribution in [0.15, 0.2) is 12.1 Å². The largest absolute Gasteiger partial charge is 0.370 e. The summed E-state index contributed by atoms with van der Waals surface area (Å²) in [6, 6.07) is 3.43. The average Bonchev–Trinajstić information content (AvgIpc) is 2.43. The number of hydrogen-bond donors (Lipinski definition) is 2. The van der Waals surface area contributed by atoms with Crippen LogP contribution in [-0.2, 0) is 0 Å². The molecule has 2 N–H and O–H groups in total. The van der Waals surface area contributed by atoms with Crippen LogP contribution in [0.2, 0.25) is 0 Å². The summed E-state index contributed by atoms with van der Waals surface area (Å²) in [6.07, 6.45) is 3.22. The molecule has 116 valence electrons. The number of nitrogens with zero attached hydrogens (tertiary/aromatic N) is 2. The van der Waals surface area contributed by atoms with Crippen LogP contribution < -0.4 is 10.6 Å². The van der Waals surface area contributed by atoms with E-state index in [9.17, 15) is 10.1 Å². The van der Waals surface area contributed by atoms with Crippen LogP contribution in [0, 0.1) is 22.0 Å². The van der Waals surface area contributed by atoms with Gasteiger partial charge in [-0.3, -0.25) is 10.1 Å². The molecule has 1 saturated carbocycles. The third kappa shape index (κ3) is 3.83. The lowest BCUT2D eigenvalue weighted by Gasteiger charge is -2.32. The highest BCUT2D eigenvalue weighted by Crippen LogP contribution is 2.33. The van der Waals surface area contributed by atoms with E-state index in [1.165, 1.54) is 6.07 Å². The maximum absolute atomic E-state index is 11.2. The molecule has 6 heteroatoms. The molecule has 0 saturated heterocycles. The van der Waals surface area contributed by atoms with Gasteiger partial charge < -0.3 is 10.6 Å². The van der Waals surface area contributed by atoms with Gasteiger partial charge in [-0.25, -0.2) is 4.98 Å². The summed E-state index contributed by atoms with van der Waals surface area (Å²) in [5.41, 5.74) is 0.0444. The molecular formula is C15H24N4O2. The van der Waals surface area contributed by atoms with E-state index >= 15 is 0 Å². The first kappa shape index (κ1) is 15.5. The van der Waals surface area contributed by atoms with Crippen molar-refractivity contribution in [1.29, 1.82) is 0 Å². The third-order valence-corrected chi connectivity index (χ3v) is 4.37. The van der Waals surface area contributed by atoms with Crippen molar-refractivity contribution in [3.63, 3.8) is 0 Å². The van der Waals surface area contributed by atoms with Crippen molar-refractivity contribution in [3.8, 4) is 0 Å². The Bertz CT molecular complexity index is 506. The number of nitrogens with one attached hydrogen (secondary N) is 2. The van der Waals surface area contributed by atoms with Crippen molar-refractivity contribution in [2.75, 3.05) is 17.2 Å². The van der Waals surface area contributed by atoms with E-state index < -0.39 is 0 Å². The SMILES string of the molecule is CCNc1ccc([N+](=O)[O-])c(NC2CCC(C)C(C)C2)n1. The zero-order valence-electron chi connectivity index (χ0n) is 12.9. The van der Waals surface area contributed by atoms with Crippen LogP contribution in [0.3, 0.4) is 0 Å². The van der Waals surface area contributed by atoms with Crippen LogP contribution in [0.1, 0.15) is 40.0 Å². The van der Waals surface area contributed by atoms with Gasteiger partial charge in [0.05, 0.1) is 4.92 Å². The molecule has 2 rings (SSSR count). The fraction of sp³-hybridized carbons (Fsp3) is 0.667. The summed E-state index contributed by atoms with van der Waals surface area (Å²) in [7, 11) is 0. The van der Waals surface area contributed by atoms with Crippen molar-refractivity contribution < 1.29 is 4.92 Å². The van der Waals surface area contributed by atoms with Gasteiger partial charge in [-0.1, -0.05) is 13.8 Å². The molecule has 0 amide bonds. The Morgan fingerprint density at radius 2 is 2.10 bits per heavy atom. The molecule has 0 bridgehead atoms. The van der Waals surface area contributed by atoms with E-state index in [2.05, 4.69) is 29.5 Å². The van der Waals surface area contributed by atoms with Gasteiger partial charge in [0.2, 0.25) is 5.82 Å².